The van der Waals surface area contributed by atoms with E-state index in [1.807, 2.05) is 0 Å². The third kappa shape index (κ3) is 3.33. The number of methoxy groups -OCH3 is 2. The van der Waals surface area contributed by atoms with Crippen molar-refractivity contribution in [1.29, 1.82) is 0 Å². The Morgan fingerprint density at radius 3 is 1.23 bits per heavy atom. The molecule has 2 aromatic rings. The van der Waals surface area contributed by atoms with E-state index in [1.54, 1.807) is 14.2 Å². The molecule has 0 aliphatic carbocycles. The lowest BCUT2D eigenvalue weighted by Crippen LogP contribution is -2.46. The fraction of sp³-hybridized carbons (Fsp3) is 0.385. The molecule has 0 spiro atoms. The van der Waals surface area contributed by atoms with Gasteiger partial charge in [0.25, 0.3) is 0 Å². The minimum absolute atomic E-state index is 0.181. The lowest BCUT2D eigenvalue weighted by Gasteiger charge is -2.42. The predicted octanol–water partition coefficient (Wildman–Crippen LogP) is 4.03. The highest BCUT2D eigenvalue weighted by atomic mass is 16.5. The molecule has 0 aromatic heterocycles. The van der Waals surface area contributed by atoms with Gasteiger partial charge in [-0.1, -0.05) is 60.4 Å². The maximum atomic E-state index is 5.77. The molecule has 2 heterocycles. The number of hydrogen-bond acceptors (Lipinski definition) is 4. The van der Waals surface area contributed by atoms with Crippen LogP contribution in [0.25, 0.3) is 11.1 Å². The van der Waals surface area contributed by atoms with E-state index in [0.29, 0.717) is 26.4 Å². The molecular weight excluding hydrogens is 376 g/mol. The van der Waals surface area contributed by atoms with E-state index in [9.17, 15) is 0 Å². The van der Waals surface area contributed by atoms with E-state index in [0.717, 1.165) is 22.3 Å². The van der Waals surface area contributed by atoms with Crippen LogP contribution in [0.4, 0.5) is 0 Å². The van der Waals surface area contributed by atoms with E-state index < -0.39 is 0 Å². The van der Waals surface area contributed by atoms with Gasteiger partial charge in [0, 0.05) is 14.2 Å². The van der Waals surface area contributed by atoms with Gasteiger partial charge in [0.05, 0.1) is 26.4 Å². The summed E-state index contributed by atoms with van der Waals surface area (Å²) >= 11 is 0. The molecule has 4 nitrogen and oxygen atoms in total. The van der Waals surface area contributed by atoms with Gasteiger partial charge in [0.1, 0.15) is 23.0 Å². The van der Waals surface area contributed by atoms with Crippen molar-refractivity contribution in [3.8, 4) is 35.8 Å². The van der Waals surface area contributed by atoms with Gasteiger partial charge in [-0.05, 0) is 22.3 Å². The molecule has 2 atom stereocenters. The largest absolute Gasteiger partial charge is 0.378 e. The second kappa shape index (κ2) is 8.26. The summed E-state index contributed by atoms with van der Waals surface area (Å²) in [5, 5.41) is 0. The lowest BCUT2D eigenvalue weighted by molar-refractivity contribution is -0.148. The first-order valence-corrected chi connectivity index (χ1v) is 9.98. The Morgan fingerprint density at radius 1 is 0.700 bits per heavy atom. The molecule has 0 bridgehead atoms. The lowest BCUT2D eigenvalue weighted by atomic mass is 9.77. The molecule has 0 amide bonds. The fourth-order valence-electron chi connectivity index (χ4n) is 4.33. The molecule has 2 saturated heterocycles. The predicted molar refractivity (Wildman–Crippen MR) is 116 cm³/mol. The van der Waals surface area contributed by atoms with Crippen LogP contribution in [-0.2, 0) is 18.9 Å². The molecular formula is C26H26O4. The molecule has 4 rings (SSSR count). The molecule has 30 heavy (non-hydrogen) atoms. The Balaban J connectivity index is 1.54. The van der Waals surface area contributed by atoms with Gasteiger partial charge in [-0.15, -0.1) is 12.8 Å². The van der Waals surface area contributed by atoms with Crippen LogP contribution in [0.5, 0.6) is 0 Å². The average molecular weight is 402 g/mol. The molecule has 154 valence electrons. The van der Waals surface area contributed by atoms with E-state index >= 15 is 0 Å². The molecule has 2 unspecified atom stereocenters. The molecule has 0 N–H and O–H groups in total. The highest BCUT2D eigenvalue weighted by Crippen LogP contribution is 2.44. The first-order chi connectivity index (χ1) is 14.6. The number of ether oxygens (including phenoxy) is 4. The van der Waals surface area contributed by atoms with E-state index in [2.05, 4.69) is 60.4 Å². The fourth-order valence-corrected chi connectivity index (χ4v) is 4.33. The van der Waals surface area contributed by atoms with E-state index in [4.69, 9.17) is 31.8 Å². The summed E-state index contributed by atoms with van der Waals surface area (Å²) in [6, 6.07) is 16.7. The number of terminal acetylenes is 2. The smallest absolute Gasteiger partial charge is 0.108 e. The summed E-state index contributed by atoms with van der Waals surface area (Å²) in [7, 11) is 3.38. The Bertz CT molecular complexity index is 873. The van der Waals surface area contributed by atoms with Gasteiger partial charge in [-0.3, -0.25) is 0 Å². The summed E-state index contributed by atoms with van der Waals surface area (Å²) in [4.78, 5) is 0. The molecule has 2 fully saturated rings. The van der Waals surface area contributed by atoms with Crippen molar-refractivity contribution in [1.82, 2.24) is 0 Å². The molecule has 2 aromatic carbocycles. The van der Waals surface area contributed by atoms with Crippen LogP contribution >= 0.6 is 0 Å². The zero-order valence-electron chi connectivity index (χ0n) is 17.4. The van der Waals surface area contributed by atoms with Crippen molar-refractivity contribution in [2.75, 3.05) is 40.6 Å². The standard InChI is InChI=1S/C26H26O4/c1-5-25(15-29-16-25)23(27-3)21-11-7-19(8-12-21)20-9-13-22(14-10-20)24(28-4)26(6-2)17-30-18-26/h1-2,7-14,23-24H,15-18H2,3-4H3. The number of rotatable bonds is 7. The highest BCUT2D eigenvalue weighted by Gasteiger charge is 2.46. The third-order valence-corrected chi connectivity index (χ3v) is 6.25. The average Bonchev–Trinajstić information content (AvgIpc) is 2.73. The van der Waals surface area contributed by atoms with Crippen molar-refractivity contribution >= 4 is 0 Å². The first-order valence-electron chi connectivity index (χ1n) is 9.98. The highest BCUT2D eigenvalue weighted by molar-refractivity contribution is 5.64. The van der Waals surface area contributed by atoms with Crippen LogP contribution in [0, 0.1) is 35.5 Å². The van der Waals surface area contributed by atoms with Gasteiger partial charge in [0.2, 0.25) is 0 Å². The van der Waals surface area contributed by atoms with E-state index in [-0.39, 0.29) is 23.0 Å². The monoisotopic (exact) mass is 402 g/mol. The number of benzene rings is 2. The van der Waals surface area contributed by atoms with Crippen LogP contribution in [0.2, 0.25) is 0 Å². The molecule has 4 heteroatoms. The Kier molecular flexibility index (Phi) is 5.69. The summed E-state index contributed by atoms with van der Waals surface area (Å²) in [5.74, 6) is 5.75. The molecule has 2 aliphatic heterocycles. The Labute approximate surface area is 178 Å². The van der Waals surface area contributed by atoms with Crippen molar-refractivity contribution in [2.45, 2.75) is 12.2 Å². The van der Waals surface area contributed by atoms with Crippen LogP contribution in [-0.4, -0.2) is 40.6 Å². The maximum absolute atomic E-state index is 5.77. The normalized spacial score (nSPS) is 20.7. The van der Waals surface area contributed by atoms with Crippen LogP contribution in [0.3, 0.4) is 0 Å². The minimum Gasteiger partial charge on any atom is -0.378 e. The maximum Gasteiger partial charge on any atom is 0.108 e. The SMILES string of the molecule is C#CC1(C(OC)c2ccc(-c3ccc(C(OC)C4(C#C)COC4)cc3)cc2)COC1. The molecule has 0 radical (unpaired) electrons. The second-order valence-electron chi connectivity index (χ2n) is 8.06. The van der Waals surface area contributed by atoms with E-state index in [1.165, 1.54) is 0 Å². The summed E-state index contributed by atoms with van der Waals surface area (Å²) < 4.78 is 22.2. The summed E-state index contributed by atoms with van der Waals surface area (Å²) in [6.45, 7) is 2.10. The van der Waals surface area contributed by atoms with Crippen molar-refractivity contribution < 1.29 is 18.9 Å². The van der Waals surface area contributed by atoms with Gasteiger partial charge in [-0.2, -0.15) is 0 Å². The number of hydrogen-bond donors (Lipinski definition) is 0. The van der Waals surface area contributed by atoms with Crippen LogP contribution in [0.15, 0.2) is 48.5 Å². The van der Waals surface area contributed by atoms with Gasteiger partial charge in [0.15, 0.2) is 0 Å². The minimum atomic E-state index is -0.384. The Morgan fingerprint density at radius 2 is 1.03 bits per heavy atom. The van der Waals surface area contributed by atoms with Crippen molar-refractivity contribution in [2.24, 2.45) is 10.8 Å². The quantitative estimate of drug-likeness (QED) is 0.656. The third-order valence-electron chi connectivity index (χ3n) is 6.25. The zero-order valence-corrected chi connectivity index (χ0v) is 17.4. The van der Waals surface area contributed by atoms with Gasteiger partial charge < -0.3 is 18.9 Å². The second-order valence-corrected chi connectivity index (χ2v) is 8.06. The Hall–Kier alpha value is -2.60. The van der Waals surface area contributed by atoms with Gasteiger partial charge in [-0.25, -0.2) is 0 Å². The summed E-state index contributed by atoms with van der Waals surface area (Å²) in [6.07, 6.45) is 11.2. The van der Waals surface area contributed by atoms with Crippen molar-refractivity contribution in [3.63, 3.8) is 0 Å². The molecule has 0 saturated carbocycles. The van der Waals surface area contributed by atoms with Crippen LogP contribution in [0.1, 0.15) is 23.3 Å². The molecule has 2 aliphatic rings. The van der Waals surface area contributed by atoms with Crippen LogP contribution < -0.4 is 0 Å². The van der Waals surface area contributed by atoms with Crippen molar-refractivity contribution in [3.05, 3.63) is 59.7 Å². The zero-order chi connectivity index (χ0) is 21.2. The topological polar surface area (TPSA) is 36.9 Å². The summed E-state index contributed by atoms with van der Waals surface area (Å²) in [5.41, 5.74) is 3.58. The van der Waals surface area contributed by atoms with Gasteiger partial charge >= 0.3 is 0 Å². The first kappa shape index (κ1) is 20.7.